The van der Waals surface area contributed by atoms with E-state index in [2.05, 4.69) is 12.2 Å². The number of hydrogen-bond donors (Lipinski definition) is 1. The Morgan fingerprint density at radius 3 is 2.71 bits per heavy atom. The summed E-state index contributed by atoms with van der Waals surface area (Å²) in [4.78, 5) is 14.6. The molecule has 1 heterocycles. The molecule has 1 aliphatic rings. The molecule has 1 aromatic rings. The molecule has 116 valence electrons. The third-order valence-corrected chi connectivity index (χ3v) is 4.37. The molecule has 1 aromatic carbocycles. The third-order valence-electron chi connectivity index (χ3n) is 4.37. The molecule has 21 heavy (non-hydrogen) atoms. The molecule has 1 N–H and O–H groups in total. The van der Waals surface area contributed by atoms with E-state index in [0.29, 0.717) is 0 Å². The third kappa shape index (κ3) is 3.26. The van der Waals surface area contributed by atoms with Crippen LogP contribution in [-0.4, -0.2) is 22.9 Å². The van der Waals surface area contributed by atoms with Crippen molar-refractivity contribution in [3.8, 4) is 0 Å². The van der Waals surface area contributed by atoms with Crippen molar-refractivity contribution in [2.24, 2.45) is 0 Å². The van der Waals surface area contributed by atoms with Gasteiger partial charge in [-0.3, -0.25) is 10.1 Å². The van der Waals surface area contributed by atoms with Crippen LogP contribution in [0.3, 0.4) is 0 Å². The molecule has 1 aliphatic heterocycles. The topological polar surface area (TPSA) is 32.3 Å². The van der Waals surface area contributed by atoms with Crippen LogP contribution in [0.4, 0.5) is 4.39 Å². The minimum absolute atomic E-state index is 0.121. The summed E-state index contributed by atoms with van der Waals surface area (Å²) in [6, 6.07) is 6.52. The van der Waals surface area contributed by atoms with Crippen molar-refractivity contribution in [3.63, 3.8) is 0 Å². The first kappa shape index (κ1) is 16.0. The van der Waals surface area contributed by atoms with Crippen LogP contribution in [-0.2, 0) is 4.79 Å². The van der Waals surface area contributed by atoms with E-state index in [1.54, 1.807) is 6.07 Å². The number of carbonyl (C=O) groups is 1. The number of benzene rings is 1. The van der Waals surface area contributed by atoms with Gasteiger partial charge in [-0.15, -0.1) is 0 Å². The van der Waals surface area contributed by atoms with E-state index in [9.17, 15) is 9.18 Å². The number of rotatable bonds is 6. The van der Waals surface area contributed by atoms with Gasteiger partial charge < -0.3 is 4.90 Å². The molecule has 4 heteroatoms. The number of hydrogen-bond acceptors (Lipinski definition) is 2. The first-order valence-corrected chi connectivity index (χ1v) is 7.86. The van der Waals surface area contributed by atoms with E-state index in [1.165, 1.54) is 12.1 Å². The summed E-state index contributed by atoms with van der Waals surface area (Å²) in [7, 11) is 0. The summed E-state index contributed by atoms with van der Waals surface area (Å²) >= 11 is 0. The molecule has 0 aromatic heterocycles. The lowest BCUT2D eigenvalue weighted by molar-refractivity contribution is -0.133. The van der Waals surface area contributed by atoms with Crippen molar-refractivity contribution in [3.05, 3.63) is 35.6 Å². The Labute approximate surface area is 126 Å². The van der Waals surface area contributed by atoms with Crippen LogP contribution in [0.25, 0.3) is 0 Å². The monoisotopic (exact) mass is 292 g/mol. The quantitative estimate of drug-likeness (QED) is 0.812. The lowest BCUT2D eigenvalue weighted by Gasteiger charge is -2.24. The van der Waals surface area contributed by atoms with E-state index < -0.39 is 5.54 Å². The second-order valence-corrected chi connectivity index (χ2v) is 5.99. The number of amides is 1. The summed E-state index contributed by atoms with van der Waals surface area (Å²) < 4.78 is 13.5. The number of halogens is 1. The van der Waals surface area contributed by atoms with Crippen LogP contribution in [0.15, 0.2) is 24.3 Å². The largest absolute Gasteiger partial charge is 0.321 e. The molecule has 2 rings (SSSR count). The maximum Gasteiger partial charge on any atom is 0.244 e. The first-order chi connectivity index (χ1) is 10.0. The highest BCUT2D eigenvalue weighted by Gasteiger charge is 2.46. The summed E-state index contributed by atoms with van der Waals surface area (Å²) in [6.45, 7) is 6.80. The van der Waals surface area contributed by atoms with Crippen LogP contribution < -0.4 is 5.32 Å². The fourth-order valence-corrected chi connectivity index (χ4v) is 2.83. The highest BCUT2D eigenvalue weighted by atomic mass is 19.1. The van der Waals surface area contributed by atoms with Gasteiger partial charge in [-0.1, -0.05) is 38.8 Å². The zero-order valence-corrected chi connectivity index (χ0v) is 13.2. The summed E-state index contributed by atoms with van der Waals surface area (Å²) in [6.07, 6.45) is 3.69. The number of nitrogens with one attached hydrogen (secondary N) is 1. The van der Waals surface area contributed by atoms with Crippen LogP contribution in [0.5, 0.6) is 0 Å². The molecule has 3 nitrogen and oxygen atoms in total. The van der Waals surface area contributed by atoms with E-state index in [1.807, 2.05) is 24.8 Å². The molecule has 0 bridgehead atoms. The molecule has 0 saturated carbocycles. The lowest BCUT2D eigenvalue weighted by atomic mass is 9.99. The maximum absolute atomic E-state index is 13.5. The van der Waals surface area contributed by atoms with Crippen molar-refractivity contribution >= 4 is 5.91 Å². The van der Waals surface area contributed by atoms with Gasteiger partial charge in [-0.25, -0.2) is 4.39 Å². The zero-order valence-electron chi connectivity index (χ0n) is 13.2. The Kier molecular flexibility index (Phi) is 4.99. The van der Waals surface area contributed by atoms with E-state index in [4.69, 9.17) is 0 Å². The molecule has 0 radical (unpaired) electrons. The van der Waals surface area contributed by atoms with Crippen molar-refractivity contribution in [1.29, 1.82) is 0 Å². The molecule has 2 unspecified atom stereocenters. The van der Waals surface area contributed by atoms with E-state index in [-0.39, 0.29) is 17.9 Å². The molecular formula is C17H25FN2O. The highest BCUT2D eigenvalue weighted by Crippen LogP contribution is 2.33. The predicted molar refractivity (Wildman–Crippen MR) is 82.2 cm³/mol. The summed E-state index contributed by atoms with van der Waals surface area (Å²) in [5.74, 6) is -0.143. The van der Waals surface area contributed by atoms with Crippen LogP contribution in [0.1, 0.15) is 58.2 Å². The normalized spacial score (nSPS) is 25.6. The Balaban J connectivity index is 2.25. The van der Waals surface area contributed by atoms with Crippen LogP contribution in [0, 0.1) is 5.82 Å². The molecule has 1 amide bonds. The van der Waals surface area contributed by atoms with Crippen molar-refractivity contribution < 1.29 is 9.18 Å². The molecule has 0 spiro atoms. The molecule has 1 fully saturated rings. The fraction of sp³-hybridized carbons (Fsp3) is 0.588. The fourth-order valence-electron chi connectivity index (χ4n) is 2.83. The van der Waals surface area contributed by atoms with Crippen molar-refractivity contribution in [1.82, 2.24) is 10.2 Å². The summed E-state index contributed by atoms with van der Waals surface area (Å²) in [5.41, 5.74) is 0.264. The van der Waals surface area contributed by atoms with Gasteiger partial charge in [0.25, 0.3) is 0 Å². The van der Waals surface area contributed by atoms with Gasteiger partial charge in [0.2, 0.25) is 5.91 Å². The minimum Gasteiger partial charge on any atom is -0.321 e. The smallest absolute Gasteiger partial charge is 0.244 e. The van der Waals surface area contributed by atoms with E-state index >= 15 is 0 Å². The zero-order chi connectivity index (χ0) is 15.5. The van der Waals surface area contributed by atoms with Crippen LogP contribution in [0.2, 0.25) is 0 Å². The van der Waals surface area contributed by atoms with Gasteiger partial charge in [0.05, 0.1) is 5.54 Å². The molecule has 1 saturated heterocycles. The van der Waals surface area contributed by atoms with Gasteiger partial charge in [0, 0.05) is 6.54 Å². The number of nitrogens with zero attached hydrogens (tertiary/aromatic N) is 1. The number of unbranched alkanes of at least 4 members (excludes halogenated alkanes) is 2. The molecule has 2 atom stereocenters. The van der Waals surface area contributed by atoms with Gasteiger partial charge in [0.1, 0.15) is 12.0 Å². The van der Waals surface area contributed by atoms with E-state index in [0.717, 1.165) is 37.8 Å². The second kappa shape index (κ2) is 6.56. The lowest BCUT2D eigenvalue weighted by Crippen LogP contribution is -2.43. The standard InChI is InChI=1S/C17H25FN2O/c1-4-6-7-11-20-15(13-9-8-10-14(18)12-13)19-17(3,5-2)16(20)21/h8-10,12,15,19H,4-7,11H2,1-3H3. The van der Waals surface area contributed by atoms with Gasteiger partial charge >= 0.3 is 0 Å². The Morgan fingerprint density at radius 2 is 2.10 bits per heavy atom. The number of carbonyl (C=O) groups excluding carboxylic acids is 1. The highest BCUT2D eigenvalue weighted by molar-refractivity contribution is 5.88. The minimum atomic E-state index is -0.552. The van der Waals surface area contributed by atoms with Crippen molar-refractivity contribution in [2.45, 2.75) is 58.2 Å². The van der Waals surface area contributed by atoms with Gasteiger partial charge in [-0.2, -0.15) is 0 Å². The Bertz CT molecular complexity index is 505. The van der Waals surface area contributed by atoms with Gasteiger partial charge in [0.15, 0.2) is 0 Å². The second-order valence-electron chi connectivity index (χ2n) is 5.99. The average molecular weight is 292 g/mol. The molecular weight excluding hydrogens is 267 g/mol. The first-order valence-electron chi connectivity index (χ1n) is 7.86. The van der Waals surface area contributed by atoms with Crippen molar-refractivity contribution in [2.75, 3.05) is 6.54 Å². The average Bonchev–Trinajstić information content (AvgIpc) is 2.73. The Morgan fingerprint density at radius 1 is 1.33 bits per heavy atom. The Hall–Kier alpha value is -1.42. The molecule has 0 aliphatic carbocycles. The SMILES string of the molecule is CCCCCN1C(=O)C(C)(CC)NC1c1cccc(F)c1. The van der Waals surface area contributed by atoms with Crippen LogP contribution >= 0.6 is 0 Å². The summed E-state index contributed by atoms with van der Waals surface area (Å²) in [5, 5.41) is 3.40. The maximum atomic E-state index is 13.5. The predicted octanol–water partition coefficient (Wildman–Crippen LogP) is 3.62. The van der Waals surface area contributed by atoms with Gasteiger partial charge in [-0.05, 0) is 37.5 Å².